The Kier molecular flexibility index (Phi) is 20.4. The number of hydrogen-bond acceptors (Lipinski definition) is 10. The average Bonchev–Trinajstić information content (AvgIpc) is 1.32. The molecule has 0 saturated carbocycles. The summed E-state index contributed by atoms with van der Waals surface area (Å²) in [6, 6.07) is 55.4. The van der Waals surface area contributed by atoms with Crippen molar-refractivity contribution in [2.24, 2.45) is 0 Å². The van der Waals surface area contributed by atoms with E-state index in [1.807, 2.05) is 146 Å². The number of carbonyl (C=O) groups excluding carboxylic acids is 3. The summed E-state index contributed by atoms with van der Waals surface area (Å²) in [5.41, 5.74) is 7.90. The number of methoxy groups -OCH3 is 2. The number of carboxylic acid groups (broad SMARTS) is 1. The second-order valence-electron chi connectivity index (χ2n) is 19.2. The second kappa shape index (κ2) is 27.8. The Hall–Kier alpha value is -9.00. The van der Waals surface area contributed by atoms with Gasteiger partial charge in [0, 0.05) is 70.4 Å². The fraction of sp³-hybridized carbons (Fsp3) is 0.134. The molecule has 0 radical (unpaired) electrons. The monoisotopic (exact) mass is 1320 g/mol. The number of ether oxygens (including phenoxy) is 2. The van der Waals surface area contributed by atoms with Gasteiger partial charge in [-0.15, -0.1) is 0 Å². The van der Waals surface area contributed by atoms with Crippen LogP contribution in [0.1, 0.15) is 55.7 Å². The predicted octanol–water partition coefficient (Wildman–Crippen LogP) is 16.2. The van der Waals surface area contributed by atoms with Gasteiger partial charge in [0.15, 0.2) is 0 Å². The first-order valence-electron chi connectivity index (χ1n) is 26.1. The fourth-order valence-electron chi connectivity index (χ4n) is 9.83. The quantitative estimate of drug-likeness (QED) is 0.0926. The maximum absolute atomic E-state index is 14.8. The molecule has 11 aromatic rings. The molecule has 0 atom stereocenters. The molecule has 0 aliphatic rings. The smallest absolute Gasteiger partial charge is 0.306 e. The summed E-state index contributed by atoms with van der Waals surface area (Å²) in [5.74, 6) is -1.78. The Labute approximate surface area is 521 Å². The standard InChI is InChI=1S/C37H29BrClN3O5.C28H19BrClN3O4.2CH4/c1-46-28-15-8-23(9-16-28)22-41-31-17-14-27(39)20-29(31)35(25-6-4-3-5-7-25)36(37(41)45)30-21-32(24-10-12-26(38)13-11-24)42(40-30)33(43)18-19-34(44)47-2;29-18-8-6-16(7-9-18)23-15-22(32-33(23)24(34)12-13-25(35)36)27-26(17-4-2-1-3-5-17)20-14-19(30)10-11-21(20)31-28(27)37;;/h3-17,20-21H,18-19,22H2,1-2H3;1-11,14-15H,12-13H2,(H,31,37)(H,35,36);2*1H4. The van der Waals surface area contributed by atoms with Crippen LogP contribution in [0.5, 0.6) is 5.75 Å². The molecule has 0 fully saturated rings. The summed E-state index contributed by atoms with van der Waals surface area (Å²) in [6.45, 7) is 0.265. The van der Waals surface area contributed by atoms with Gasteiger partial charge in [-0.2, -0.15) is 19.6 Å². The summed E-state index contributed by atoms with van der Waals surface area (Å²) in [5, 5.41) is 20.9. The number of nitrogens with one attached hydrogen (secondary N) is 1. The number of rotatable bonds is 15. The van der Waals surface area contributed by atoms with Gasteiger partial charge in [0.1, 0.15) is 5.75 Å². The SMILES string of the molecule is C.C.COC(=O)CCC(=O)n1nc(-c2c(-c3ccccc3)c3cc(Cl)ccc3n(Cc3ccc(OC)cc3)c2=O)cc1-c1ccc(Br)cc1.O=C(O)CCC(=O)n1nc(-c2c(-c3ccccc3)c3cc(Cl)ccc3[nH]c2=O)cc1-c1ccc(Br)cc1. The third-order valence-corrected chi connectivity index (χ3v) is 15.4. The number of pyridine rings is 2. The van der Waals surface area contributed by atoms with Crippen molar-refractivity contribution in [1.82, 2.24) is 29.1 Å². The van der Waals surface area contributed by atoms with Crippen LogP contribution in [0.15, 0.2) is 201 Å². The summed E-state index contributed by atoms with van der Waals surface area (Å²) >= 11 is 19.8. The zero-order chi connectivity index (χ0) is 59.2. The number of esters is 1. The Morgan fingerprint density at radius 1 is 0.547 bits per heavy atom. The van der Waals surface area contributed by atoms with Gasteiger partial charge in [-0.3, -0.25) is 28.8 Å². The largest absolute Gasteiger partial charge is 0.497 e. The molecule has 19 heteroatoms. The van der Waals surface area contributed by atoms with Gasteiger partial charge in [-0.1, -0.05) is 167 Å². The zero-order valence-corrected chi connectivity index (χ0v) is 49.5. The topological polar surface area (TPSA) is 197 Å². The first-order chi connectivity index (χ1) is 40.6. The van der Waals surface area contributed by atoms with Crippen LogP contribution in [0.4, 0.5) is 0 Å². The van der Waals surface area contributed by atoms with Gasteiger partial charge >= 0.3 is 11.9 Å². The van der Waals surface area contributed by atoms with Crippen LogP contribution in [-0.4, -0.2) is 72.2 Å². The van der Waals surface area contributed by atoms with Crippen LogP contribution in [0.25, 0.3) is 89.1 Å². The van der Waals surface area contributed by atoms with E-state index < -0.39 is 23.8 Å². The van der Waals surface area contributed by atoms with Crippen molar-refractivity contribution in [1.29, 1.82) is 0 Å². The van der Waals surface area contributed by atoms with Gasteiger partial charge in [0.2, 0.25) is 11.8 Å². The molecule has 0 aliphatic carbocycles. The van der Waals surface area contributed by atoms with Gasteiger partial charge < -0.3 is 24.1 Å². The molecule has 11 rings (SSSR count). The Morgan fingerprint density at radius 3 is 1.55 bits per heavy atom. The highest BCUT2D eigenvalue weighted by Crippen LogP contribution is 2.40. The summed E-state index contributed by atoms with van der Waals surface area (Å²) < 4.78 is 16.0. The number of fused-ring (bicyclic) bond motifs is 2. The minimum atomic E-state index is -1.08. The maximum atomic E-state index is 14.8. The molecule has 436 valence electrons. The van der Waals surface area contributed by atoms with Crippen molar-refractivity contribution in [2.75, 3.05) is 14.2 Å². The number of aromatic nitrogens is 6. The van der Waals surface area contributed by atoms with Crippen molar-refractivity contribution < 1.29 is 33.8 Å². The Bertz CT molecular complexity index is 4430. The molecule has 4 aromatic heterocycles. The number of nitrogens with zero attached hydrogens (tertiary/aromatic N) is 5. The first kappa shape index (κ1) is 63.0. The molecule has 0 amide bonds. The van der Waals surface area contributed by atoms with Gasteiger partial charge in [-0.05, 0) is 102 Å². The number of hydrogen-bond donors (Lipinski definition) is 2. The third kappa shape index (κ3) is 13.7. The van der Waals surface area contributed by atoms with Gasteiger partial charge in [0.05, 0.1) is 73.0 Å². The van der Waals surface area contributed by atoms with Crippen LogP contribution in [0, 0.1) is 0 Å². The number of carbonyl (C=O) groups is 4. The highest BCUT2D eigenvalue weighted by atomic mass is 79.9. The van der Waals surface area contributed by atoms with E-state index in [9.17, 15) is 28.8 Å². The van der Waals surface area contributed by atoms with E-state index in [-0.39, 0.29) is 69.5 Å². The lowest BCUT2D eigenvalue weighted by Gasteiger charge is -2.18. The van der Waals surface area contributed by atoms with E-state index in [2.05, 4.69) is 41.9 Å². The molecular formula is C67H56Br2Cl2N6O9. The lowest BCUT2D eigenvalue weighted by molar-refractivity contribution is -0.140. The van der Waals surface area contributed by atoms with Crippen LogP contribution in [0.2, 0.25) is 10.0 Å². The van der Waals surface area contributed by atoms with Crippen molar-refractivity contribution >= 4 is 101 Å². The number of aliphatic carboxylic acids is 1. The lowest BCUT2D eigenvalue weighted by atomic mass is 9.93. The molecular weight excluding hydrogens is 1260 g/mol. The zero-order valence-electron chi connectivity index (χ0n) is 44.8. The van der Waals surface area contributed by atoms with Crippen molar-refractivity contribution in [3.05, 3.63) is 227 Å². The number of carboxylic acids is 1. The highest BCUT2D eigenvalue weighted by molar-refractivity contribution is 9.10. The molecule has 0 saturated heterocycles. The predicted molar refractivity (Wildman–Crippen MR) is 347 cm³/mol. The minimum absolute atomic E-state index is 0. The second-order valence-corrected chi connectivity index (χ2v) is 21.9. The van der Waals surface area contributed by atoms with Crippen LogP contribution in [-0.2, 0) is 20.9 Å². The summed E-state index contributed by atoms with van der Waals surface area (Å²) in [4.78, 5) is 80.9. The molecule has 0 unspecified atom stereocenters. The van der Waals surface area contributed by atoms with E-state index >= 15 is 0 Å². The third-order valence-electron chi connectivity index (χ3n) is 13.8. The average molecular weight is 1320 g/mol. The van der Waals surface area contributed by atoms with E-state index in [0.29, 0.717) is 71.7 Å². The molecule has 0 bridgehead atoms. The van der Waals surface area contributed by atoms with Crippen LogP contribution >= 0.6 is 55.1 Å². The van der Waals surface area contributed by atoms with Crippen LogP contribution in [0.3, 0.4) is 0 Å². The molecule has 7 aromatic carbocycles. The van der Waals surface area contributed by atoms with E-state index in [1.54, 1.807) is 48.1 Å². The highest BCUT2D eigenvalue weighted by Gasteiger charge is 2.27. The van der Waals surface area contributed by atoms with Crippen LogP contribution < -0.4 is 15.9 Å². The first-order valence-corrected chi connectivity index (χ1v) is 28.5. The Balaban J connectivity index is 0.000000224. The van der Waals surface area contributed by atoms with Crippen molar-refractivity contribution in [2.45, 2.75) is 47.1 Å². The van der Waals surface area contributed by atoms with E-state index in [0.717, 1.165) is 36.4 Å². The van der Waals surface area contributed by atoms with Gasteiger partial charge in [-0.25, -0.2) is 0 Å². The fourth-order valence-corrected chi connectivity index (χ4v) is 10.7. The molecule has 15 nitrogen and oxygen atoms in total. The number of halogens is 4. The molecule has 0 spiro atoms. The minimum Gasteiger partial charge on any atom is -0.497 e. The molecule has 86 heavy (non-hydrogen) atoms. The van der Waals surface area contributed by atoms with E-state index in [4.69, 9.17) is 42.9 Å². The van der Waals surface area contributed by atoms with Crippen molar-refractivity contribution in [3.8, 4) is 73.0 Å². The van der Waals surface area contributed by atoms with Crippen molar-refractivity contribution in [3.63, 3.8) is 0 Å². The van der Waals surface area contributed by atoms with Gasteiger partial charge in [0.25, 0.3) is 11.1 Å². The number of H-pyrrole nitrogens is 1. The van der Waals surface area contributed by atoms with E-state index in [1.165, 1.54) is 16.5 Å². The summed E-state index contributed by atoms with van der Waals surface area (Å²) in [7, 11) is 2.88. The summed E-state index contributed by atoms with van der Waals surface area (Å²) in [6.07, 6.45) is -0.812. The molecule has 0 aliphatic heterocycles. The molecule has 2 N–H and O–H groups in total. The lowest BCUT2D eigenvalue weighted by Crippen LogP contribution is -2.24. The molecule has 4 heterocycles. The normalized spacial score (nSPS) is 10.8. The maximum Gasteiger partial charge on any atom is 0.306 e. The Morgan fingerprint density at radius 2 is 1.03 bits per heavy atom. The number of aromatic amines is 1. The number of benzene rings is 7.